The number of anilines is 1. The lowest BCUT2D eigenvalue weighted by Gasteiger charge is -2.25. The molecule has 1 aromatic rings. The van der Waals surface area contributed by atoms with Gasteiger partial charge in [0.1, 0.15) is 5.75 Å². The minimum Gasteiger partial charge on any atom is -0.508 e. The Hall–Kier alpha value is -1.94. The van der Waals surface area contributed by atoms with Crippen LogP contribution in [-0.4, -0.2) is 49.4 Å². The molecule has 114 valence electrons. The van der Waals surface area contributed by atoms with Crippen molar-refractivity contribution >= 4 is 5.69 Å². The predicted octanol–water partition coefficient (Wildman–Crippen LogP) is 1.99. The SMILES string of the molecule is CN(C)C1=CC(O)C(Cc2ccc(N(C)C)cc2O)C=C1. The Morgan fingerprint density at radius 3 is 2.33 bits per heavy atom. The summed E-state index contributed by atoms with van der Waals surface area (Å²) in [5, 5.41) is 20.4. The molecule has 4 nitrogen and oxygen atoms in total. The summed E-state index contributed by atoms with van der Waals surface area (Å²) in [4.78, 5) is 3.92. The van der Waals surface area contributed by atoms with Gasteiger partial charge in [0.05, 0.1) is 6.10 Å². The van der Waals surface area contributed by atoms with E-state index in [4.69, 9.17) is 0 Å². The van der Waals surface area contributed by atoms with Crippen LogP contribution >= 0.6 is 0 Å². The lowest BCUT2D eigenvalue weighted by Crippen LogP contribution is -2.24. The highest BCUT2D eigenvalue weighted by Crippen LogP contribution is 2.29. The van der Waals surface area contributed by atoms with Crippen molar-refractivity contribution in [1.29, 1.82) is 0 Å². The summed E-state index contributed by atoms with van der Waals surface area (Å²) in [6.07, 6.45) is 5.98. The molecule has 1 aromatic carbocycles. The zero-order chi connectivity index (χ0) is 15.6. The number of phenols is 1. The van der Waals surface area contributed by atoms with Crippen LogP contribution in [0.2, 0.25) is 0 Å². The Kier molecular flexibility index (Phi) is 4.58. The normalized spacial score (nSPS) is 21.1. The number of rotatable bonds is 4. The van der Waals surface area contributed by atoms with Crippen molar-refractivity contribution in [3.63, 3.8) is 0 Å². The lowest BCUT2D eigenvalue weighted by atomic mass is 9.89. The second-order valence-corrected chi connectivity index (χ2v) is 5.91. The predicted molar refractivity (Wildman–Crippen MR) is 86.5 cm³/mol. The van der Waals surface area contributed by atoms with E-state index in [0.29, 0.717) is 6.42 Å². The smallest absolute Gasteiger partial charge is 0.120 e. The zero-order valence-corrected chi connectivity index (χ0v) is 13.1. The standard InChI is InChI=1S/C17H24N2O2/c1-18(2)14-7-5-12(16(20)10-14)9-13-6-8-15(19(3)4)11-17(13)21/h5-8,10-12,16,20-21H,9H2,1-4H3. The van der Waals surface area contributed by atoms with Crippen LogP contribution in [0.1, 0.15) is 5.56 Å². The first-order valence-electron chi connectivity index (χ1n) is 7.13. The van der Waals surface area contributed by atoms with Crippen LogP contribution in [0.15, 0.2) is 42.1 Å². The second-order valence-electron chi connectivity index (χ2n) is 5.91. The van der Waals surface area contributed by atoms with Gasteiger partial charge in [-0.1, -0.05) is 12.1 Å². The highest BCUT2D eigenvalue weighted by atomic mass is 16.3. The summed E-state index contributed by atoms with van der Waals surface area (Å²) in [7, 11) is 7.79. The fourth-order valence-electron chi connectivity index (χ4n) is 2.43. The topological polar surface area (TPSA) is 46.9 Å². The maximum Gasteiger partial charge on any atom is 0.120 e. The van der Waals surface area contributed by atoms with Gasteiger partial charge >= 0.3 is 0 Å². The van der Waals surface area contributed by atoms with E-state index in [1.807, 2.05) is 68.4 Å². The van der Waals surface area contributed by atoms with Crippen molar-refractivity contribution < 1.29 is 10.2 Å². The number of hydrogen-bond donors (Lipinski definition) is 2. The fourth-order valence-corrected chi connectivity index (χ4v) is 2.43. The number of benzene rings is 1. The first kappa shape index (κ1) is 15.4. The molecule has 2 unspecified atom stereocenters. The third kappa shape index (κ3) is 3.58. The third-order valence-electron chi connectivity index (χ3n) is 3.85. The van der Waals surface area contributed by atoms with Crippen LogP contribution in [-0.2, 0) is 6.42 Å². The van der Waals surface area contributed by atoms with E-state index >= 15 is 0 Å². The number of allylic oxidation sites excluding steroid dienone is 1. The van der Waals surface area contributed by atoms with Crippen LogP contribution in [0.5, 0.6) is 5.75 Å². The second kappa shape index (κ2) is 6.22. The first-order chi connectivity index (χ1) is 9.88. The van der Waals surface area contributed by atoms with E-state index in [9.17, 15) is 10.2 Å². The van der Waals surface area contributed by atoms with Crippen molar-refractivity contribution in [2.45, 2.75) is 12.5 Å². The van der Waals surface area contributed by atoms with Crippen molar-refractivity contribution in [3.05, 3.63) is 47.7 Å². The van der Waals surface area contributed by atoms with Gasteiger partial charge in [0.2, 0.25) is 0 Å². The molecule has 0 fully saturated rings. The van der Waals surface area contributed by atoms with Gasteiger partial charge in [-0.05, 0) is 30.2 Å². The highest BCUT2D eigenvalue weighted by molar-refractivity contribution is 5.52. The van der Waals surface area contributed by atoms with E-state index in [1.165, 1.54) is 0 Å². The Labute approximate surface area is 126 Å². The maximum absolute atomic E-state index is 10.2. The maximum atomic E-state index is 10.2. The summed E-state index contributed by atoms with van der Waals surface area (Å²) >= 11 is 0. The minimum atomic E-state index is -0.527. The van der Waals surface area contributed by atoms with E-state index in [0.717, 1.165) is 16.9 Å². The molecule has 2 atom stereocenters. The molecule has 0 saturated carbocycles. The molecule has 0 spiro atoms. The number of aromatic hydroxyl groups is 1. The number of hydrogen-bond acceptors (Lipinski definition) is 4. The Morgan fingerprint density at radius 2 is 1.81 bits per heavy atom. The van der Waals surface area contributed by atoms with Crippen molar-refractivity contribution in [2.75, 3.05) is 33.1 Å². The van der Waals surface area contributed by atoms with Gasteiger partial charge in [-0.15, -0.1) is 0 Å². The highest BCUT2D eigenvalue weighted by Gasteiger charge is 2.21. The van der Waals surface area contributed by atoms with Crippen molar-refractivity contribution in [2.24, 2.45) is 5.92 Å². The Balaban J connectivity index is 2.12. The summed E-state index contributed by atoms with van der Waals surface area (Å²) < 4.78 is 0. The number of aliphatic hydroxyl groups is 1. The van der Waals surface area contributed by atoms with Crippen LogP contribution < -0.4 is 4.90 Å². The van der Waals surface area contributed by atoms with Crippen molar-refractivity contribution in [1.82, 2.24) is 4.90 Å². The number of phenolic OH excluding ortho intramolecular Hbond substituents is 1. The number of aliphatic hydroxyl groups excluding tert-OH is 1. The third-order valence-corrected chi connectivity index (χ3v) is 3.85. The molecule has 0 bridgehead atoms. The first-order valence-corrected chi connectivity index (χ1v) is 7.13. The minimum absolute atomic E-state index is 0.00944. The molecule has 0 radical (unpaired) electrons. The summed E-state index contributed by atoms with van der Waals surface area (Å²) in [5.41, 5.74) is 2.83. The van der Waals surface area contributed by atoms with Gasteiger partial charge in [-0.25, -0.2) is 0 Å². The molecule has 0 heterocycles. The summed E-state index contributed by atoms with van der Waals surface area (Å²) in [5.74, 6) is 0.272. The van der Waals surface area contributed by atoms with Crippen LogP contribution in [0.25, 0.3) is 0 Å². The molecule has 2 N–H and O–H groups in total. The summed E-state index contributed by atoms with van der Waals surface area (Å²) in [6, 6.07) is 5.67. The van der Waals surface area contributed by atoms with E-state index in [2.05, 4.69) is 0 Å². The molecular weight excluding hydrogens is 264 g/mol. The molecule has 1 aliphatic rings. The van der Waals surface area contributed by atoms with E-state index in [-0.39, 0.29) is 11.7 Å². The molecule has 2 rings (SSSR count). The molecule has 0 aliphatic heterocycles. The average molecular weight is 288 g/mol. The van der Waals surface area contributed by atoms with Crippen LogP contribution in [0.4, 0.5) is 5.69 Å². The molecule has 21 heavy (non-hydrogen) atoms. The summed E-state index contributed by atoms with van der Waals surface area (Å²) in [6.45, 7) is 0. The van der Waals surface area contributed by atoms with E-state index < -0.39 is 6.10 Å². The zero-order valence-electron chi connectivity index (χ0n) is 13.1. The molecular formula is C17H24N2O2. The van der Waals surface area contributed by atoms with Gasteiger partial charge in [-0.3, -0.25) is 0 Å². The number of nitrogens with zero attached hydrogens (tertiary/aromatic N) is 2. The molecule has 4 heteroatoms. The van der Waals surface area contributed by atoms with Gasteiger partial charge in [0.25, 0.3) is 0 Å². The molecule has 0 amide bonds. The number of likely N-dealkylation sites (N-methyl/N-ethyl adjacent to an activating group) is 1. The lowest BCUT2D eigenvalue weighted by molar-refractivity contribution is 0.171. The van der Waals surface area contributed by atoms with Crippen molar-refractivity contribution in [3.8, 4) is 5.75 Å². The van der Waals surface area contributed by atoms with Gasteiger partial charge in [0.15, 0.2) is 0 Å². The van der Waals surface area contributed by atoms with Gasteiger partial charge in [-0.2, -0.15) is 0 Å². The molecule has 0 saturated heterocycles. The van der Waals surface area contributed by atoms with E-state index in [1.54, 1.807) is 6.07 Å². The fraction of sp³-hybridized carbons (Fsp3) is 0.412. The van der Waals surface area contributed by atoms with Crippen LogP contribution in [0.3, 0.4) is 0 Å². The Morgan fingerprint density at radius 1 is 1.10 bits per heavy atom. The quantitative estimate of drug-likeness (QED) is 0.889. The van der Waals surface area contributed by atoms with Gasteiger partial charge in [0, 0.05) is 51.6 Å². The molecule has 1 aliphatic carbocycles. The average Bonchev–Trinajstić information content (AvgIpc) is 2.42. The largest absolute Gasteiger partial charge is 0.508 e. The molecule has 0 aromatic heterocycles. The monoisotopic (exact) mass is 288 g/mol. The van der Waals surface area contributed by atoms with Crippen LogP contribution in [0, 0.1) is 5.92 Å². The van der Waals surface area contributed by atoms with Gasteiger partial charge < -0.3 is 20.0 Å². The Bertz CT molecular complexity index is 562.